The van der Waals surface area contributed by atoms with Gasteiger partial charge in [-0.3, -0.25) is 11.3 Å². The summed E-state index contributed by atoms with van der Waals surface area (Å²) >= 11 is 1.93. The van der Waals surface area contributed by atoms with Gasteiger partial charge in [0.2, 0.25) is 0 Å². The minimum absolute atomic E-state index is 0.212. The Hall–Kier alpha value is -0.420. The van der Waals surface area contributed by atoms with Crippen molar-refractivity contribution < 1.29 is 4.74 Å². The molecule has 3 unspecified atom stereocenters. The molecule has 1 spiro atoms. The van der Waals surface area contributed by atoms with E-state index in [4.69, 9.17) is 10.6 Å². The maximum Gasteiger partial charge on any atom is 0.0685 e. The molecule has 116 valence electrons. The number of ether oxygens (including phenoxy) is 1. The molecular formula is C17H26N2OS. The second-order valence-corrected chi connectivity index (χ2v) is 8.13. The summed E-state index contributed by atoms with van der Waals surface area (Å²) in [6.45, 7) is 0.923. The highest BCUT2D eigenvalue weighted by Gasteiger charge is 2.45. The highest BCUT2D eigenvalue weighted by Crippen LogP contribution is 2.48. The summed E-state index contributed by atoms with van der Waals surface area (Å²) in [6.07, 6.45) is 10.1. The molecule has 21 heavy (non-hydrogen) atoms. The van der Waals surface area contributed by atoms with E-state index in [2.05, 4.69) is 16.9 Å². The second-order valence-electron chi connectivity index (χ2n) is 7.13. The van der Waals surface area contributed by atoms with E-state index < -0.39 is 0 Å². The number of hydrazine groups is 1. The highest BCUT2D eigenvalue weighted by atomic mass is 32.1. The van der Waals surface area contributed by atoms with Gasteiger partial charge in [-0.2, -0.15) is 0 Å². The topological polar surface area (TPSA) is 47.3 Å². The van der Waals surface area contributed by atoms with E-state index in [1.165, 1.54) is 44.9 Å². The lowest BCUT2D eigenvalue weighted by Crippen LogP contribution is -2.53. The summed E-state index contributed by atoms with van der Waals surface area (Å²) < 4.78 is 6.10. The standard InChI is InChI=1S/C17H26N2OS/c18-19-16(12-5-9-20-17(11-12)7-2-8-17)14-3-1-4-15-13(14)6-10-21-15/h6,10,12,14,16,19H,1-5,7-9,11,18H2. The van der Waals surface area contributed by atoms with Crippen molar-refractivity contribution in [3.8, 4) is 0 Å². The second kappa shape index (κ2) is 5.65. The third kappa shape index (κ3) is 2.46. The van der Waals surface area contributed by atoms with E-state index in [1.807, 2.05) is 11.3 Å². The molecule has 0 bridgehead atoms. The van der Waals surface area contributed by atoms with Gasteiger partial charge in [-0.15, -0.1) is 11.3 Å². The Bertz CT molecular complexity index is 497. The number of fused-ring (bicyclic) bond motifs is 1. The number of hydrogen-bond donors (Lipinski definition) is 2. The number of nitrogens with two attached hydrogens (primary N) is 1. The minimum atomic E-state index is 0.212. The van der Waals surface area contributed by atoms with Crippen molar-refractivity contribution in [2.24, 2.45) is 11.8 Å². The smallest absolute Gasteiger partial charge is 0.0685 e. The highest BCUT2D eigenvalue weighted by molar-refractivity contribution is 7.10. The van der Waals surface area contributed by atoms with E-state index >= 15 is 0 Å². The van der Waals surface area contributed by atoms with Crippen LogP contribution in [0.5, 0.6) is 0 Å². The monoisotopic (exact) mass is 306 g/mol. The Morgan fingerprint density at radius 1 is 1.33 bits per heavy atom. The van der Waals surface area contributed by atoms with Crippen molar-refractivity contribution in [2.45, 2.75) is 68.9 Å². The van der Waals surface area contributed by atoms with Gasteiger partial charge in [-0.25, -0.2) is 0 Å². The van der Waals surface area contributed by atoms with Gasteiger partial charge in [0.15, 0.2) is 0 Å². The summed E-state index contributed by atoms with van der Waals surface area (Å²) in [6, 6.07) is 2.76. The Morgan fingerprint density at radius 2 is 2.24 bits per heavy atom. The molecule has 3 atom stereocenters. The maximum atomic E-state index is 6.10. The fourth-order valence-electron chi connectivity index (χ4n) is 4.77. The van der Waals surface area contributed by atoms with Crippen LogP contribution >= 0.6 is 11.3 Å². The summed E-state index contributed by atoms with van der Waals surface area (Å²) in [5, 5.41) is 2.26. The zero-order chi connectivity index (χ0) is 14.3. The molecule has 3 N–H and O–H groups in total. The SMILES string of the molecule is NNC(C1CCOC2(CCC2)C1)C1CCCc2sccc21. The first-order valence-corrected chi connectivity index (χ1v) is 9.36. The summed E-state index contributed by atoms with van der Waals surface area (Å²) in [5.74, 6) is 7.29. The van der Waals surface area contributed by atoms with Crippen LogP contribution in [0.15, 0.2) is 11.4 Å². The van der Waals surface area contributed by atoms with E-state index in [0.717, 1.165) is 13.0 Å². The van der Waals surface area contributed by atoms with Crippen LogP contribution < -0.4 is 11.3 Å². The minimum Gasteiger partial charge on any atom is -0.375 e. The van der Waals surface area contributed by atoms with Crippen LogP contribution in [-0.4, -0.2) is 18.2 Å². The first-order valence-electron chi connectivity index (χ1n) is 8.48. The first-order chi connectivity index (χ1) is 10.3. The van der Waals surface area contributed by atoms with Crippen molar-refractivity contribution in [3.63, 3.8) is 0 Å². The van der Waals surface area contributed by atoms with Crippen molar-refractivity contribution >= 4 is 11.3 Å². The molecule has 0 amide bonds. The molecule has 1 aromatic heterocycles. The van der Waals surface area contributed by atoms with Gasteiger partial charge in [0.1, 0.15) is 0 Å². The fourth-order valence-corrected chi connectivity index (χ4v) is 5.76. The third-order valence-electron chi connectivity index (χ3n) is 6.03. The van der Waals surface area contributed by atoms with Gasteiger partial charge in [-0.1, -0.05) is 0 Å². The lowest BCUT2D eigenvalue weighted by atomic mass is 9.67. The van der Waals surface area contributed by atoms with Gasteiger partial charge >= 0.3 is 0 Å². The van der Waals surface area contributed by atoms with Crippen LogP contribution in [0.25, 0.3) is 0 Å². The number of nitrogens with one attached hydrogen (secondary N) is 1. The zero-order valence-electron chi connectivity index (χ0n) is 12.6. The average molecular weight is 306 g/mol. The molecule has 2 aliphatic carbocycles. The Morgan fingerprint density at radius 3 is 3.00 bits per heavy atom. The first kappa shape index (κ1) is 14.2. The average Bonchev–Trinajstić information content (AvgIpc) is 2.96. The van der Waals surface area contributed by atoms with Crippen molar-refractivity contribution in [2.75, 3.05) is 6.61 Å². The van der Waals surface area contributed by atoms with E-state index in [-0.39, 0.29) is 5.60 Å². The molecule has 4 heteroatoms. The maximum absolute atomic E-state index is 6.10. The zero-order valence-corrected chi connectivity index (χ0v) is 13.5. The Kier molecular flexibility index (Phi) is 3.82. The number of rotatable bonds is 3. The van der Waals surface area contributed by atoms with Gasteiger partial charge < -0.3 is 4.74 Å². The molecule has 2 heterocycles. The molecule has 3 nitrogen and oxygen atoms in total. The molecule has 1 aliphatic heterocycles. The molecule has 0 radical (unpaired) electrons. The fraction of sp³-hybridized carbons (Fsp3) is 0.765. The van der Waals surface area contributed by atoms with E-state index in [9.17, 15) is 0 Å². The number of thiophene rings is 1. The molecule has 4 rings (SSSR count). The predicted octanol–water partition coefficient (Wildman–Crippen LogP) is 3.35. The molecular weight excluding hydrogens is 280 g/mol. The van der Waals surface area contributed by atoms with Crippen molar-refractivity contribution in [1.29, 1.82) is 0 Å². The van der Waals surface area contributed by atoms with Crippen LogP contribution in [0.3, 0.4) is 0 Å². The van der Waals surface area contributed by atoms with Gasteiger partial charge in [0.05, 0.1) is 5.60 Å². The molecule has 3 aliphatic rings. The van der Waals surface area contributed by atoms with Gasteiger partial charge in [-0.05, 0) is 74.3 Å². The van der Waals surface area contributed by atoms with Crippen molar-refractivity contribution in [3.05, 3.63) is 21.9 Å². The Labute approximate surface area is 131 Å². The van der Waals surface area contributed by atoms with Crippen LogP contribution in [0.4, 0.5) is 0 Å². The molecule has 1 saturated carbocycles. The predicted molar refractivity (Wildman–Crippen MR) is 86.4 cm³/mol. The summed E-state index contributed by atoms with van der Waals surface area (Å²) in [5.41, 5.74) is 4.99. The largest absolute Gasteiger partial charge is 0.375 e. The molecule has 0 aromatic carbocycles. The normalized spacial score (nSPS) is 32.4. The van der Waals surface area contributed by atoms with Gasteiger partial charge in [0.25, 0.3) is 0 Å². The third-order valence-corrected chi connectivity index (χ3v) is 7.02. The summed E-state index contributed by atoms with van der Waals surface area (Å²) in [7, 11) is 0. The molecule has 1 aromatic rings. The van der Waals surface area contributed by atoms with Crippen molar-refractivity contribution in [1.82, 2.24) is 5.43 Å². The summed E-state index contributed by atoms with van der Waals surface area (Å²) in [4.78, 5) is 1.59. The van der Waals surface area contributed by atoms with Crippen LogP contribution in [0.2, 0.25) is 0 Å². The lowest BCUT2D eigenvalue weighted by Gasteiger charge is -2.50. The van der Waals surface area contributed by atoms with E-state index in [1.54, 1.807) is 10.4 Å². The van der Waals surface area contributed by atoms with E-state index in [0.29, 0.717) is 17.9 Å². The lowest BCUT2D eigenvalue weighted by molar-refractivity contribution is -0.148. The molecule has 2 fully saturated rings. The Balaban J connectivity index is 1.55. The quantitative estimate of drug-likeness (QED) is 0.665. The van der Waals surface area contributed by atoms with Crippen LogP contribution in [0.1, 0.15) is 61.3 Å². The number of hydrogen-bond acceptors (Lipinski definition) is 4. The number of aryl methyl sites for hydroxylation is 1. The van der Waals surface area contributed by atoms with Crippen LogP contribution in [0, 0.1) is 5.92 Å². The van der Waals surface area contributed by atoms with Gasteiger partial charge in [0, 0.05) is 23.4 Å². The van der Waals surface area contributed by atoms with Crippen LogP contribution in [-0.2, 0) is 11.2 Å². The molecule has 1 saturated heterocycles.